The summed E-state index contributed by atoms with van der Waals surface area (Å²) in [6.07, 6.45) is 0.689. The van der Waals surface area contributed by atoms with Gasteiger partial charge in [0.1, 0.15) is 5.82 Å². The topological polar surface area (TPSA) is 40.5 Å². The number of nitrogens with zero attached hydrogens (tertiary/aromatic N) is 1. The Bertz CT molecular complexity index is 434. The van der Waals surface area contributed by atoms with Crippen LogP contribution < -0.4 is 0 Å². The fourth-order valence-electron chi connectivity index (χ4n) is 2.34. The van der Waals surface area contributed by atoms with Crippen LogP contribution in [0.1, 0.15) is 18.9 Å². The Hall–Kier alpha value is -1.42. The lowest BCUT2D eigenvalue weighted by atomic mass is 10.0. The number of carbonyl (C=O) groups excluding carboxylic acids is 1. The zero-order valence-electron chi connectivity index (χ0n) is 10.5. The number of likely N-dealkylation sites (tertiary alicyclic amines) is 1. The molecule has 0 saturated carbocycles. The monoisotopic (exact) mass is 251 g/mol. The second kappa shape index (κ2) is 5.48. The van der Waals surface area contributed by atoms with Crippen LogP contribution in [-0.2, 0) is 11.2 Å². The summed E-state index contributed by atoms with van der Waals surface area (Å²) in [6.45, 7) is 3.04. The van der Waals surface area contributed by atoms with Crippen molar-refractivity contribution >= 4 is 5.91 Å². The van der Waals surface area contributed by atoms with Crippen molar-refractivity contribution in [1.29, 1.82) is 0 Å². The van der Waals surface area contributed by atoms with Gasteiger partial charge in [-0.3, -0.25) is 4.79 Å². The van der Waals surface area contributed by atoms with Crippen molar-refractivity contribution in [2.45, 2.75) is 25.9 Å². The predicted octanol–water partition coefficient (Wildman–Crippen LogP) is 1.60. The predicted molar refractivity (Wildman–Crippen MR) is 66.5 cm³/mol. The highest BCUT2D eigenvalue weighted by Gasteiger charge is 2.28. The van der Waals surface area contributed by atoms with E-state index in [0.717, 1.165) is 6.42 Å². The van der Waals surface area contributed by atoms with E-state index in [0.29, 0.717) is 18.7 Å². The Labute approximate surface area is 106 Å². The first kappa shape index (κ1) is 13.0. The van der Waals surface area contributed by atoms with Gasteiger partial charge >= 0.3 is 0 Å². The highest BCUT2D eigenvalue weighted by Crippen LogP contribution is 2.20. The molecule has 0 bridgehead atoms. The molecule has 3 nitrogen and oxygen atoms in total. The van der Waals surface area contributed by atoms with Gasteiger partial charge in [0.25, 0.3) is 0 Å². The Balaban J connectivity index is 1.93. The largest absolute Gasteiger partial charge is 0.393 e. The molecule has 0 spiro atoms. The molecule has 1 aliphatic heterocycles. The molecule has 1 aliphatic rings. The van der Waals surface area contributed by atoms with E-state index in [2.05, 4.69) is 0 Å². The third-order valence-electron chi connectivity index (χ3n) is 3.50. The maximum atomic E-state index is 13.0. The zero-order valence-corrected chi connectivity index (χ0v) is 10.5. The first-order valence-corrected chi connectivity index (χ1v) is 6.26. The van der Waals surface area contributed by atoms with E-state index >= 15 is 0 Å². The molecule has 1 heterocycles. The fraction of sp³-hybridized carbons (Fsp3) is 0.500. The smallest absolute Gasteiger partial charge is 0.227 e. The van der Waals surface area contributed by atoms with Crippen LogP contribution in [0.15, 0.2) is 24.3 Å². The standard InChI is InChI=1S/C14H18FNO2/c1-10(17)12-5-6-16(9-12)14(18)8-11-3-2-4-13(15)7-11/h2-4,7,10,12,17H,5-6,8-9H2,1H3. The Morgan fingerprint density at radius 3 is 3.00 bits per heavy atom. The van der Waals surface area contributed by atoms with Gasteiger partial charge in [-0.2, -0.15) is 0 Å². The normalized spacial score (nSPS) is 21.1. The summed E-state index contributed by atoms with van der Waals surface area (Å²) in [4.78, 5) is 13.8. The van der Waals surface area contributed by atoms with Gasteiger partial charge in [0.05, 0.1) is 12.5 Å². The minimum atomic E-state index is -0.378. The lowest BCUT2D eigenvalue weighted by Gasteiger charge is -2.17. The van der Waals surface area contributed by atoms with Gasteiger partial charge in [0.2, 0.25) is 5.91 Å². The molecule has 1 amide bonds. The maximum Gasteiger partial charge on any atom is 0.227 e. The van der Waals surface area contributed by atoms with Crippen LogP contribution in [0.5, 0.6) is 0 Å². The SMILES string of the molecule is CC(O)C1CCN(C(=O)Cc2cccc(F)c2)C1. The molecule has 1 N–H and O–H groups in total. The molecule has 1 saturated heterocycles. The number of hydrogen-bond acceptors (Lipinski definition) is 2. The Morgan fingerprint density at radius 2 is 2.39 bits per heavy atom. The highest BCUT2D eigenvalue weighted by molar-refractivity contribution is 5.79. The van der Waals surface area contributed by atoms with Crippen molar-refractivity contribution in [3.05, 3.63) is 35.6 Å². The van der Waals surface area contributed by atoms with Crippen molar-refractivity contribution in [2.24, 2.45) is 5.92 Å². The van der Waals surface area contributed by atoms with Gasteiger partial charge in [0.15, 0.2) is 0 Å². The molecule has 0 aliphatic carbocycles. The second-order valence-electron chi connectivity index (χ2n) is 4.94. The van der Waals surface area contributed by atoms with E-state index in [9.17, 15) is 14.3 Å². The third-order valence-corrected chi connectivity index (χ3v) is 3.50. The number of carbonyl (C=O) groups is 1. The van der Waals surface area contributed by atoms with Crippen LogP contribution in [0.25, 0.3) is 0 Å². The van der Waals surface area contributed by atoms with Crippen molar-refractivity contribution < 1.29 is 14.3 Å². The number of aliphatic hydroxyl groups excluding tert-OH is 1. The van der Waals surface area contributed by atoms with Crippen LogP contribution in [0.2, 0.25) is 0 Å². The molecule has 1 fully saturated rings. The molecule has 1 aromatic rings. The summed E-state index contributed by atoms with van der Waals surface area (Å²) in [5.41, 5.74) is 0.695. The molecule has 1 aromatic carbocycles. The quantitative estimate of drug-likeness (QED) is 0.886. The summed E-state index contributed by atoms with van der Waals surface area (Å²) in [5.74, 6) is -0.145. The number of rotatable bonds is 3. The van der Waals surface area contributed by atoms with Crippen LogP contribution in [0.4, 0.5) is 4.39 Å². The van der Waals surface area contributed by atoms with E-state index in [1.807, 2.05) is 0 Å². The molecule has 2 unspecified atom stereocenters. The van der Waals surface area contributed by atoms with Crippen LogP contribution in [0, 0.1) is 11.7 Å². The number of amides is 1. The molecule has 2 rings (SSSR count). The molecular weight excluding hydrogens is 233 g/mol. The zero-order chi connectivity index (χ0) is 13.1. The average molecular weight is 251 g/mol. The minimum absolute atomic E-state index is 0.00347. The Kier molecular flexibility index (Phi) is 3.97. The minimum Gasteiger partial charge on any atom is -0.393 e. The van der Waals surface area contributed by atoms with Crippen LogP contribution in [0.3, 0.4) is 0 Å². The summed E-state index contributed by atoms with van der Waals surface area (Å²) >= 11 is 0. The van der Waals surface area contributed by atoms with Crippen molar-refractivity contribution in [2.75, 3.05) is 13.1 Å². The van der Waals surface area contributed by atoms with Gasteiger partial charge in [0, 0.05) is 19.0 Å². The molecular formula is C14H18FNO2. The lowest BCUT2D eigenvalue weighted by molar-refractivity contribution is -0.129. The van der Waals surface area contributed by atoms with Crippen molar-refractivity contribution in [3.8, 4) is 0 Å². The molecule has 18 heavy (non-hydrogen) atoms. The first-order valence-electron chi connectivity index (χ1n) is 6.26. The van der Waals surface area contributed by atoms with E-state index in [1.54, 1.807) is 24.0 Å². The molecule has 2 atom stereocenters. The van der Waals surface area contributed by atoms with Gasteiger partial charge in [-0.25, -0.2) is 4.39 Å². The summed E-state index contributed by atoms with van der Waals surface area (Å²) < 4.78 is 13.0. The molecule has 0 radical (unpaired) electrons. The molecule has 4 heteroatoms. The number of halogens is 1. The number of hydrogen-bond donors (Lipinski definition) is 1. The lowest BCUT2D eigenvalue weighted by Crippen LogP contribution is -2.31. The average Bonchev–Trinajstić information content (AvgIpc) is 2.78. The maximum absolute atomic E-state index is 13.0. The third kappa shape index (κ3) is 3.07. The summed E-state index contributed by atoms with van der Waals surface area (Å²) in [6, 6.07) is 6.12. The van der Waals surface area contributed by atoms with Gasteiger partial charge in [-0.1, -0.05) is 12.1 Å². The first-order chi connectivity index (χ1) is 8.56. The van der Waals surface area contributed by atoms with E-state index in [1.165, 1.54) is 12.1 Å². The summed E-state index contributed by atoms with van der Waals surface area (Å²) in [5, 5.41) is 9.49. The van der Waals surface area contributed by atoms with E-state index in [4.69, 9.17) is 0 Å². The second-order valence-corrected chi connectivity index (χ2v) is 4.94. The van der Waals surface area contributed by atoms with Gasteiger partial charge in [-0.05, 0) is 31.0 Å². The summed E-state index contributed by atoms with van der Waals surface area (Å²) in [7, 11) is 0. The van der Waals surface area contributed by atoms with E-state index < -0.39 is 0 Å². The Morgan fingerprint density at radius 1 is 1.61 bits per heavy atom. The highest BCUT2D eigenvalue weighted by atomic mass is 19.1. The molecule has 0 aromatic heterocycles. The van der Waals surface area contributed by atoms with Crippen molar-refractivity contribution in [3.63, 3.8) is 0 Å². The van der Waals surface area contributed by atoms with E-state index in [-0.39, 0.29) is 30.2 Å². The van der Waals surface area contributed by atoms with Gasteiger partial charge in [-0.15, -0.1) is 0 Å². The molecule has 98 valence electrons. The number of benzene rings is 1. The van der Waals surface area contributed by atoms with Crippen molar-refractivity contribution in [1.82, 2.24) is 4.90 Å². The number of aliphatic hydroxyl groups is 1. The van der Waals surface area contributed by atoms with Crippen LogP contribution >= 0.6 is 0 Å². The van der Waals surface area contributed by atoms with Crippen LogP contribution in [-0.4, -0.2) is 35.1 Å². The fourth-order valence-corrected chi connectivity index (χ4v) is 2.34. The van der Waals surface area contributed by atoms with Gasteiger partial charge < -0.3 is 10.0 Å².